The van der Waals surface area contributed by atoms with Gasteiger partial charge in [-0.1, -0.05) is 12.1 Å². The zero-order valence-electron chi connectivity index (χ0n) is 16.4. The Kier molecular flexibility index (Phi) is 5.61. The largest absolute Gasteiger partial charge is 0.497 e. The Hall–Kier alpha value is -3.87. The van der Waals surface area contributed by atoms with Crippen LogP contribution in [0.2, 0.25) is 0 Å². The minimum atomic E-state index is -0.366. The number of para-hydroxylation sites is 1. The average molecular weight is 404 g/mol. The Balaban J connectivity index is 1.56. The molecule has 0 spiro atoms. The van der Waals surface area contributed by atoms with Gasteiger partial charge in [0, 0.05) is 6.42 Å². The van der Waals surface area contributed by atoms with Gasteiger partial charge in [-0.15, -0.1) is 0 Å². The Bertz CT molecular complexity index is 1060. The predicted octanol–water partition coefficient (Wildman–Crippen LogP) is 3.86. The van der Waals surface area contributed by atoms with Gasteiger partial charge in [0.25, 0.3) is 5.91 Å². The molecule has 0 aliphatic carbocycles. The summed E-state index contributed by atoms with van der Waals surface area (Å²) in [6.45, 7) is -0.249. The number of aldehydes is 1. The Morgan fingerprint density at radius 2 is 1.97 bits per heavy atom. The summed E-state index contributed by atoms with van der Waals surface area (Å²) in [5.74, 6) is 1.41. The highest BCUT2D eigenvalue weighted by Crippen LogP contribution is 2.33. The summed E-state index contributed by atoms with van der Waals surface area (Å²) in [4.78, 5) is 24.1. The second kappa shape index (κ2) is 8.65. The van der Waals surface area contributed by atoms with Crippen LogP contribution in [0.15, 0.2) is 76.4 Å². The van der Waals surface area contributed by atoms with E-state index >= 15 is 0 Å². The monoisotopic (exact) mass is 404 g/mol. The normalized spacial score (nSPS) is 15.6. The Morgan fingerprint density at radius 3 is 2.67 bits per heavy atom. The fraction of sp³-hybridized carbons (Fsp3) is 0.174. The van der Waals surface area contributed by atoms with Crippen LogP contribution < -0.4 is 9.47 Å². The van der Waals surface area contributed by atoms with Crippen molar-refractivity contribution in [2.24, 2.45) is 5.10 Å². The number of furan rings is 1. The van der Waals surface area contributed by atoms with E-state index in [2.05, 4.69) is 5.10 Å². The SMILES string of the molecule is COc1ccc(C2=NN(C(=O)COc3ccccc3C=O)[C@@H](c3ccco3)C2)cc1. The number of carbonyl (C=O) groups is 2. The van der Waals surface area contributed by atoms with Crippen molar-refractivity contribution in [3.05, 3.63) is 83.8 Å². The van der Waals surface area contributed by atoms with Gasteiger partial charge >= 0.3 is 0 Å². The van der Waals surface area contributed by atoms with Gasteiger partial charge in [-0.25, -0.2) is 5.01 Å². The molecule has 0 radical (unpaired) electrons. The lowest BCUT2D eigenvalue weighted by atomic mass is 10.0. The van der Waals surface area contributed by atoms with Crippen molar-refractivity contribution >= 4 is 17.9 Å². The van der Waals surface area contributed by atoms with Crippen LogP contribution in [0.5, 0.6) is 11.5 Å². The molecule has 2 aromatic carbocycles. The molecule has 3 aromatic rings. The summed E-state index contributed by atoms with van der Waals surface area (Å²) in [7, 11) is 1.61. The number of carbonyl (C=O) groups excluding carboxylic acids is 2. The van der Waals surface area contributed by atoms with E-state index < -0.39 is 0 Å². The molecule has 4 rings (SSSR count). The van der Waals surface area contributed by atoms with E-state index in [1.165, 1.54) is 5.01 Å². The maximum atomic E-state index is 12.9. The van der Waals surface area contributed by atoms with Gasteiger partial charge in [-0.05, 0) is 54.1 Å². The van der Waals surface area contributed by atoms with E-state index in [4.69, 9.17) is 13.9 Å². The second-order valence-electron chi connectivity index (χ2n) is 6.69. The number of rotatable bonds is 7. The minimum absolute atomic E-state index is 0.249. The van der Waals surface area contributed by atoms with E-state index in [-0.39, 0.29) is 18.6 Å². The van der Waals surface area contributed by atoms with E-state index in [1.54, 1.807) is 43.7 Å². The van der Waals surface area contributed by atoms with Crippen molar-refractivity contribution in [3.8, 4) is 11.5 Å². The number of nitrogens with zero attached hydrogens (tertiary/aromatic N) is 2. The van der Waals surface area contributed by atoms with Crippen LogP contribution in [0.1, 0.15) is 34.1 Å². The molecule has 0 saturated heterocycles. The van der Waals surface area contributed by atoms with Gasteiger partial charge in [-0.3, -0.25) is 9.59 Å². The van der Waals surface area contributed by atoms with Crippen molar-refractivity contribution in [3.63, 3.8) is 0 Å². The van der Waals surface area contributed by atoms with Crippen LogP contribution in [0, 0.1) is 0 Å². The van der Waals surface area contributed by atoms with Crippen LogP contribution >= 0.6 is 0 Å². The summed E-state index contributed by atoms with van der Waals surface area (Å²) in [6, 6.07) is 17.5. The van der Waals surface area contributed by atoms with Crippen molar-refractivity contribution in [1.29, 1.82) is 0 Å². The lowest BCUT2D eigenvalue weighted by Crippen LogP contribution is -2.31. The molecule has 1 aliphatic heterocycles. The molecular formula is C23H20N2O5. The smallest absolute Gasteiger partial charge is 0.281 e. The molecule has 0 fully saturated rings. The van der Waals surface area contributed by atoms with Crippen molar-refractivity contribution in [2.45, 2.75) is 12.5 Å². The molecule has 1 amide bonds. The molecule has 1 aromatic heterocycles. The predicted molar refractivity (Wildman–Crippen MR) is 110 cm³/mol. The first-order chi connectivity index (χ1) is 14.7. The third kappa shape index (κ3) is 3.96. The highest BCUT2D eigenvalue weighted by atomic mass is 16.5. The van der Waals surface area contributed by atoms with Crippen molar-refractivity contribution < 1.29 is 23.5 Å². The van der Waals surface area contributed by atoms with Gasteiger partial charge in [0.15, 0.2) is 12.9 Å². The molecule has 1 atom stereocenters. The quantitative estimate of drug-likeness (QED) is 0.559. The fourth-order valence-electron chi connectivity index (χ4n) is 3.32. The topological polar surface area (TPSA) is 81.3 Å². The molecule has 1 aliphatic rings. The van der Waals surface area contributed by atoms with E-state index in [0.29, 0.717) is 29.8 Å². The molecule has 0 N–H and O–H groups in total. The zero-order valence-corrected chi connectivity index (χ0v) is 16.4. The minimum Gasteiger partial charge on any atom is -0.497 e. The zero-order chi connectivity index (χ0) is 20.9. The second-order valence-corrected chi connectivity index (χ2v) is 6.69. The van der Waals surface area contributed by atoms with Gasteiger partial charge < -0.3 is 13.9 Å². The van der Waals surface area contributed by atoms with E-state index in [1.807, 2.05) is 30.3 Å². The van der Waals surface area contributed by atoms with Gasteiger partial charge in [0.05, 0.1) is 24.6 Å². The highest BCUT2D eigenvalue weighted by Gasteiger charge is 2.35. The number of hydrazone groups is 1. The lowest BCUT2D eigenvalue weighted by molar-refractivity contribution is -0.135. The van der Waals surface area contributed by atoms with Crippen molar-refractivity contribution in [2.75, 3.05) is 13.7 Å². The number of hydrogen-bond acceptors (Lipinski definition) is 6. The Morgan fingerprint density at radius 1 is 1.17 bits per heavy atom. The fourth-order valence-corrected chi connectivity index (χ4v) is 3.32. The van der Waals surface area contributed by atoms with Gasteiger partial charge in [0.2, 0.25) is 0 Å². The number of benzene rings is 2. The third-order valence-corrected chi connectivity index (χ3v) is 4.86. The highest BCUT2D eigenvalue weighted by molar-refractivity contribution is 6.03. The summed E-state index contributed by atoms with van der Waals surface area (Å²) in [6.07, 6.45) is 2.78. The van der Waals surface area contributed by atoms with Crippen LogP contribution in [0.3, 0.4) is 0 Å². The molecule has 152 valence electrons. The average Bonchev–Trinajstić information content (AvgIpc) is 3.47. The Labute approximate surface area is 173 Å². The number of amides is 1. The molecule has 0 saturated carbocycles. The maximum absolute atomic E-state index is 12.9. The van der Waals surface area contributed by atoms with E-state index in [0.717, 1.165) is 17.0 Å². The maximum Gasteiger partial charge on any atom is 0.281 e. The first-order valence-corrected chi connectivity index (χ1v) is 9.44. The molecular weight excluding hydrogens is 384 g/mol. The summed E-state index contributed by atoms with van der Waals surface area (Å²) >= 11 is 0. The molecule has 2 heterocycles. The molecule has 0 bridgehead atoms. The van der Waals surface area contributed by atoms with Crippen LogP contribution in [-0.4, -0.2) is 36.6 Å². The summed E-state index contributed by atoms with van der Waals surface area (Å²) < 4.78 is 16.3. The van der Waals surface area contributed by atoms with Gasteiger partial charge in [0.1, 0.15) is 23.3 Å². The first-order valence-electron chi connectivity index (χ1n) is 9.44. The van der Waals surface area contributed by atoms with Gasteiger partial charge in [-0.2, -0.15) is 5.10 Å². The molecule has 0 unspecified atom stereocenters. The number of ether oxygens (including phenoxy) is 2. The third-order valence-electron chi connectivity index (χ3n) is 4.86. The summed E-state index contributed by atoms with van der Waals surface area (Å²) in [5.41, 5.74) is 2.05. The molecule has 30 heavy (non-hydrogen) atoms. The van der Waals surface area contributed by atoms with Crippen LogP contribution in [-0.2, 0) is 4.79 Å². The number of methoxy groups -OCH3 is 1. The standard InChI is InChI=1S/C23H20N2O5/c1-28-18-10-8-16(9-11-18)19-13-20(22-7-4-12-29-22)25(24-19)23(27)15-30-21-6-3-2-5-17(21)14-26/h2-12,14,20H,13,15H2,1H3/t20-/m1/s1. The molecule has 7 heteroatoms. The summed E-state index contributed by atoms with van der Waals surface area (Å²) in [5, 5.41) is 5.95. The number of hydrogen-bond donors (Lipinski definition) is 0. The molecule has 7 nitrogen and oxygen atoms in total. The van der Waals surface area contributed by atoms with Crippen LogP contribution in [0.4, 0.5) is 0 Å². The first kappa shape index (κ1) is 19.4. The van der Waals surface area contributed by atoms with Crippen LogP contribution in [0.25, 0.3) is 0 Å². The lowest BCUT2D eigenvalue weighted by Gasteiger charge is -2.20. The van der Waals surface area contributed by atoms with E-state index in [9.17, 15) is 9.59 Å². The van der Waals surface area contributed by atoms with Crippen molar-refractivity contribution in [1.82, 2.24) is 5.01 Å².